The van der Waals surface area contributed by atoms with Crippen molar-refractivity contribution in [3.05, 3.63) is 66.0 Å². The number of aliphatic hydroxyl groups is 2. The first kappa shape index (κ1) is 22.0. The van der Waals surface area contributed by atoms with E-state index in [9.17, 15) is 23.4 Å². The van der Waals surface area contributed by atoms with E-state index in [4.69, 9.17) is 0 Å². The summed E-state index contributed by atoms with van der Waals surface area (Å²) in [4.78, 5) is 6.77. The number of alkyl halides is 3. The monoisotopic (exact) mass is 422 g/mol. The standard InChI is InChI=1S/C20H21F3N4O2.CH4/c1-18(29,13-3-5-15(6-4-13)27-10-2-9-25-27)16(28)17-24-12-14(26-17)11-19(7-8-19)20(21,22)23;/h2-6,9-10,12,16,28-29H,7-8,11H2,1H3,(H,24,26);1H4/t16-,18-;/m0./s1. The lowest BCUT2D eigenvalue weighted by atomic mass is 9.89. The second-order valence-electron chi connectivity index (χ2n) is 7.80. The van der Waals surface area contributed by atoms with Crippen LogP contribution in [0, 0.1) is 5.41 Å². The topological polar surface area (TPSA) is 87.0 Å². The van der Waals surface area contributed by atoms with Gasteiger partial charge in [0.05, 0.1) is 11.1 Å². The average molecular weight is 422 g/mol. The fourth-order valence-corrected chi connectivity index (χ4v) is 3.48. The molecule has 3 aromatic rings. The number of H-pyrrole nitrogens is 1. The van der Waals surface area contributed by atoms with Crippen LogP contribution in [0.3, 0.4) is 0 Å². The van der Waals surface area contributed by atoms with E-state index in [2.05, 4.69) is 15.1 Å². The van der Waals surface area contributed by atoms with Gasteiger partial charge in [-0.05, 0) is 43.5 Å². The zero-order valence-corrected chi connectivity index (χ0v) is 15.7. The summed E-state index contributed by atoms with van der Waals surface area (Å²) in [6, 6.07) is 8.60. The number of hydrogen-bond acceptors (Lipinski definition) is 4. The van der Waals surface area contributed by atoms with Crippen molar-refractivity contribution in [2.24, 2.45) is 5.41 Å². The Balaban J connectivity index is 0.00000256. The molecule has 0 bridgehead atoms. The van der Waals surface area contributed by atoms with Crippen molar-refractivity contribution in [1.82, 2.24) is 19.7 Å². The van der Waals surface area contributed by atoms with Crippen molar-refractivity contribution in [2.45, 2.75) is 51.5 Å². The van der Waals surface area contributed by atoms with E-state index in [-0.39, 0.29) is 32.5 Å². The lowest BCUT2D eigenvalue weighted by Crippen LogP contribution is -2.31. The van der Waals surface area contributed by atoms with Crippen LogP contribution in [0.25, 0.3) is 5.69 Å². The number of aromatic amines is 1. The Kier molecular flexibility index (Phi) is 5.55. The molecule has 2 aromatic heterocycles. The van der Waals surface area contributed by atoms with Gasteiger partial charge in [0.25, 0.3) is 0 Å². The molecule has 2 heterocycles. The molecule has 2 atom stereocenters. The second kappa shape index (κ2) is 7.55. The largest absolute Gasteiger partial charge is 0.394 e. The molecule has 3 N–H and O–H groups in total. The molecule has 1 saturated carbocycles. The van der Waals surface area contributed by atoms with Gasteiger partial charge in [-0.1, -0.05) is 19.6 Å². The Hall–Kier alpha value is -2.65. The summed E-state index contributed by atoms with van der Waals surface area (Å²) in [7, 11) is 0. The van der Waals surface area contributed by atoms with E-state index >= 15 is 0 Å². The second-order valence-corrected chi connectivity index (χ2v) is 7.80. The van der Waals surface area contributed by atoms with Crippen molar-refractivity contribution in [2.75, 3.05) is 0 Å². The smallest absolute Gasteiger partial charge is 0.382 e. The number of hydrogen-bond donors (Lipinski definition) is 3. The highest BCUT2D eigenvalue weighted by atomic mass is 19.4. The maximum Gasteiger partial charge on any atom is 0.394 e. The molecule has 0 unspecified atom stereocenters. The zero-order chi connectivity index (χ0) is 20.9. The summed E-state index contributed by atoms with van der Waals surface area (Å²) in [6.07, 6.45) is -1.02. The van der Waals surface area contributed by atoms with E-state index in [0.717, 1.165) is 5.69 Å². The number of nitrogens with one attached hydrogen (secondary N) is 1. The van der Waals surface area contributed by atoms with Gasteiger partial charge in [-0.25, -0.2) is 9.67 Å². The Morgan fingerprint density at radius 3 is 2.43 bits per heavy atom. The Morgan fingerprint density at radius 2 is 1.90 bits per heavy atom. The quantitative estimate of drug-likeness (QED) is 0.559. The van der Waals surface area contributed by atoms with E-state index < -0.39 is 23.3 Å². The van der Waals surface area contributed by atoms with Gasteiger partial charge in [0.1, 0.15) is 17.5 Å². The van der Waals surface area contributed by atoms with Crippen LogP contribution in [0.2, 0.25) is 0 Å². The number of halogens is 3. The predicted molar refractivity (Wildman–Crippen MR) is 105 cm³/mol. The minimum Gasteiger partial charge on any atom is -0.382 e. The van der Waals surface area contributed by atoms with Gasteiger partial charge >= 0.3 is 6.18 Å². The summed E-state index contributed by atoms with van der Waals surface area (Å²) in [5.74, 6) is 0.0270. The van der Waals surface area contributed by atoms with Crippen molar-refractivity contribution >= 4 is 0 Å². The third-order valence-electron chi connectivity index (χ3n) is 5.64. The lowest BCUT2D eigenvalue weighted by molar-refractivity contribution is -0.186. The van der Waals surface area contributed by atoms with Gasteiger partial charge in [0.15, 0.2) is 0 Å². The molecule has 4 rings (SSSR count). The zero-order valence-electron chi connectivity index (χ0n) is 15.7. The lowest BCUT2D eigenvalue weighted by Gasteiger charge is -2.28. The molecule has 6 nitrogen and oxygen atoms in total. The molecule has 0 spiro atoms. The number of imidazole rings is 1. The van der Waals surface area contributed by atoms with E-state index in [1.807, 2.05) is 0 Å². The fraction of sp³-hybridized carbons (Fsp3) is 0.429. The fourth-order valence-electron chi connectivity index (χ4n) is 3.48. The number of rotatable bonds is 6. The number of nitrogens with zero attached hydrogens (tertiary/aromatic N) is 3. The van der Waals surface area contributed by atoms with Gasteiger partial charge in [-0.3, -0.25) is 0 Å². The van der Waals surface area contributed by atoms with Crippen molar-refractivity contribution in [1.29, 1.82) is 0 Å². The first-order valence-corrected chi connectivity index (χ1v) is 9.24. The molecular formula is C21H25F3N4O2. The minimum atomic E-state index is -4.27. The van der Waals surface area contributed by atoms with Crippen molar-refractivity contribution in [3.63, 3.8) is 0 Å². The first-order valence-electron chi connectivity index (χ1n) is 9.24. The number of aromatic nitrogens is 4. The average Bonchev–Trinajstić information content (AvgIpc) is 3.09. The number of aliphatic hydroxyl groups excluding tert-OH is 1. The molecule has 1 aromatic carbocycles. The molecule has 162 valence electrons. The molecule has 0 aliphatic heterocycles. The normalized spacial score (nSPS) is 18.3. The maximum absolute atomic E-state index is 13.2. The van der Waals surface area contributed by atoms with Crippen LogP contribution in [0.1, 0.15) is 50.4 Å². The molecule has 0 amide bonds. The van der Waals surface area contributed by atoms with Crippen LogP contribution in [-0.2, 0) is 12.0 Å². The Morgan fingerprint density at radius 1 is 1.23 bits per heavy atom. The summed E-state index contributed by atoms with van der Waals surface area (Å²) in [5.41, 5.74) is -1.89. The molecule has 0 radical (unpaired) electrons. The van der Waals surface area contributed by atoms with Gasteiger partial charge in [0.2, 0.25) is 0 Å². The first-order chi connectivity index (χ1) is 13.6. The molecule has 1 aliphatic rings. The Bertz CT molecular complexity index is 975. The van der Waals surface area contributed by atoms with Crippen molar-refractivity contribution in [3.8, 4) is 5.69 Å². The Labute approximate surface area is 172 Å². The molecule has 0 saturated heterocycles. The molecule has 30 heavy (non-hydrogen) atoms. The third-order valence-corrected chi connectivity index (χ3v) is 5.64. The van der Waals surface area contributed by atoms with Crippen molar-refractivity contribution < 1.29 is 23.4 Å². The van der Waals surface area contributed by atoms with Crippen LogP contribution >= 0.6 is 0 Å². The van der Waals surface area contributed by atoms with Gasteiger partial charge in [0, 0.05) is 30.7 Å². The summed E-state index contributed by atoms with van der Waals surface area (Å²) in [5, 5.41) is 25.7. The van der Waals surface area contributed by atoms with E-state index in [1.54, 1.807) is 47.4 Å². The SMILES string of the molecule is C.C[C@](O)(c1ccc(-n2cccn2)cc1)[C@@H](O)c1ncc(CC2(C(F)(F)F)CC2)[nH]1. The van der Waals surface area contributed by atoms with Gasteiger partial charge < -0.3 is 15.2 Å². The van der Waals surface area contributed by atoms with Crippen LogP contribution < -0.4 is 0 Å². The van der Waals surface area contributed by atoms with Gasteiger partial charge in [-0.2, -0.15) is 18.3 Å². The van der Waals surface area contributed by atoms with E-state index in [0.29, 0.717) is 11.3 Å². The van der Waals surface area contributed by atoms with E-state index in [1.165, 1.54) is 13.1 Å². The maximum atomic E-state index is 13.2. The van der Waals surface area contributed by atoms with Gasteiger partial charge in [-0.15, -0.1) is 0 Å². The molecule has 1 aliphatic carbocycles. The molecule has 1 fully saturated rings. The number of benzene rings is 1. The highest BCUT2D eigenvalue weighted by Crippen LogP contribution is 2.59. The predicted octanol–water partition coefficient (Wildman–Crippen LogP) is 4.06. The third kappa shape index (κ3) is 3.87. The van der Waals surface area contributed by atoms with Crippen LogP contribution in [0.5, 0.6) is 0 Å². The highest BCUT2D eigenvalue weighted by molar-refractivity contribution is 5.36. The van der Waals surface area contributed by atoms with Crippen LogP contribution in [-0.4, -0.2) is 36.1 Å². The van der Waals surface area contributed by atoms with Crippen LogP contribution in [0.15, 0.2) is 48.9 Å². The summed E-state index contributed by atoms with van der Waals surface area (Å²) < 4.78 is 41.1. The summed E-state index contributed by atoms with van der Waals surface area (Å²) >= 11 is 0. The molecular weight excluding hydrogens is 397 g/mol. The molecule has 9 heteroatoms. The highest BCUT2D eigenvalue weighted by Gasteiger charge is 2.63. The minimum absolute atomic E-state index is 0. The van der Waals surface area contributed by atoms with Crippen LogP contribution in [0.4, 0.5) is 13.2 Å². The summed E-state index contributed by atoms with van der Waals surface area (Å²) in [6.45, 7) is 1.43.